The number of likely N-dealkylation sites (N-methyl/N-ethyl adjacent to an activating group) is 1. The number of nitrogens with one attached hydrogen (secondary N) is 1. The zero-order chi connectivity index (χ0) is 9.68. The number of hydrogen-bond donors (Lipinski definition) is 1. The van der Waals surface area contributed by atoms with Crippen LogP contribution < -0.4 is 5.32 Å². The monoisotopic (exact) mass is 186 g/mol. The van der Waals surface area contributed by atoms with Crippen molar-refractivity contribution in [2.24, 2.45) is 0 Å². The molecule has 78 valence electrons. The second-order valence-corrected chi connectivity index (χ2v) is 4.22. The molecule has 1 rings (SSSR count). The van der Waals surface area contributed by atoms with E-state index in [-0.39, 0.29) is 0 Å². The molecular formula is C10H22N2O. The average Bonchev–Trinajstić information content (AvgIpc) is 2.04. The van der Waals surface area contributed by atoms with E-state index in [4.69, 9.17) is 4.74 Å². The van der Waals surface area contributed by atoms with Crippen molar-refractivity contribution in [3.05, 3.63) is 0 Å². The Kier molecular flexibility index (Phi) is 4.70. The second-order valence-electron chi connectivity index (χ2n) is 4.22. The zero-order valence-corrected chi connectivity index (χ0v) is 9.05. The standard InChI is InChI=1S/C10H22N2O/c1-9(8-12(2)3)11-10-4-6-13-7-5-10/h9-11H,4-8H2,1-3H3. The van der Waals surface area contributed by atoms with Crippen LogP contribution in [0.2, 0.25) is 0 Å². The minimum absolute atomic E-state index is 0.582. The highest BCUT2D eigenvalue weighted by Crippen LogP contribution is 2.06. The van der Waals surface area contributed by atoms with E-state index in [0.29, 0.717) is 12.1 Å². The smallest absolute Gasteiger partial charge is 0.0480 e. The van der Waals surface area contributed by atoms with Crippen molar-refractivity contribution in [3.63, 3.8) is 0 Å². The zero-order valence-electron chi connectivity index (χ0n) is 9.05. The van der Waals surface area contributed by atoms with Crippen LogP contribution >= 0.6 is 0 Å². The summed E-state index contributed by atoms with van der Waals surface area (Å²) in [5.41, 5.74) is 0. The Hall–Kier alpha value is -0.120. The molecule has 1 atom stereocenters. The first-order chi connectivity index (χ1) is 6.18. The maximum atomic E-state index is 5.31. The van der Waals surface area contributed by atoms with Crippen molar-refractivity contribution in [1.29, 1.82) is 0 Å². The Morgan fingerprint density at radius 1 is 1.38 bits per heavy atom. The van der Waals surface area contributed by atoms with E-state index in [0.717, 1.165) is 32.6 Å². The third kappa shape index (κ3) is 4.60. The third-order valence-electron chi connectivity index (χ3n) is 2.38. The Balaban J connectivity index is 2.14. The molecule has 1 N–H and O–H groups in total. The summed E-state index contributed by atoms with van der Waals surface area (Å²) in [6, 6.07) is 1.25. The summed E-state index contributed by atoms with van der Waals surface area (Å²) < 4.78 is 5.31. The fourth-order valence-corrected chi connectivity index (χ4v) is 1.87. The van der Waals surface area contributed by atoms with Gasteiger partial charge in [0, 0.05) is 31.8 Å². The van der Waals surface area contributed by atoms with E-state index < -0.39 is 0 Å². The topological polar surface area (TPSA) is 24.5 Å². The largest absolute Gasteiger partial charge is 0.381 e. The van der Waals surface area contributed by atoms with Gasteiger partial charge >= 0.3 is 0 Å². The van der Waals surface area contributed by atoms with Crippen LogP contribution in [0.5, 0.6) is 0 Å². The lowest BCUT2D eigenvalue weighted by atomic mass is 10.1. The Labute approximate surface area is 81.4 Å². The second kappa shape index (κ2) is 5.58. The first-order valence-electron chi connectivity index (χ1n) is 5.17. The van der Waals surface area contributed by atoms with E-state index in [9.17, 15) is 0 Å². The van der Waals surface area contributed by atoms with Gasteiger partial charge in [0.05, 0.1) is 0 Å². The molecule has 0 spiro atoms. The van der Waals surface area contributed by atoms with Crippen LogP contribution in [0.1, 0.15) is 19.8 Å². The quantitative estimate of drug-likeness (QED) is 0.699. The molecule has 1 saturated heterocycles. The van der Waals surface area contributed by atoms with Crippen LogP contribution in [-0.4, -0.2) is 50.8 Å². The first kappa shape index (κ1) is 11.0. The van der Waals surface area contributed by atoms with Gasteiger partial charge in [-0.3, -0.25) is 0 Å². The summed E-state index contributed by atoms with van der Waals surface area (Å²) in [6.45, 7) is 5.20. The lowest BCUT2D eigenvalue weighted by molar-refractivity contribution is 0.0744. The summed E-state index contributed by atoms with van der Waals surface area (Å²) >= 11 is 0. The van der Waals surface area contributed by atoms with Gasteiger partial charge in [-0.05, 0) is 33.9 Å². The van der Waals surface area contributed by atoms with Crippen LogP contribution in [0.3, 0.4) is 0 Å². The SMILES string of the molecule is CC(CN(C)C)NC1CCOCC1. The number of ether oxygens (including phenoxy) is 1. The lowest BCUT2D eigenvalue weighted by Gasteiger charge is -2.28. The minimum Gasteiger partial charge on any atom is -0.381 e. The first-order valence-corrected chi connectivity index (χ1v) is 5.17. The highest BCUT2D eigenvalue weighted by atomic mass is 16.5. The van der Waals surface area contributed by atoms with Crippen LogP contribution in [0.15, 0.2) is 0 Å². The predicted octanol–water partition coefficient (Wildman–Crippen LogP) is 0.705. The van der Waals surface area contributed by atoms with Crippen molar-refractivity contribution in [2.45, 2.75) is 31.8 Å². The van der Waals surface area contributed by atoms with Crippen molar-refractivity contribution >= 4 is 0 Å². The van der Waals surface area contributed by atoms with Gasteiger partial charge in [0.25, 0.3) is 0 Å². The molecule has 13 heavy (non-hydrogen) atoms. The summed E-state index contributed by atoms with van der Waals surface area (Å²) in [5, 5.41) is 3.63. The molecule has 0 aromatic heterocycles. The normalized spacial score (nSPS) is 22.2. The van der Waals surface area contributed by atoms with E-state index in [1.165, 1.54) is 0 Å². The van der Waals surface area contributed by atoms with Crippen molar-refractivity contribution in [2.75, 3.05) is 33.9 Å². The number of nitrogens with zero attached hydrogens (tertiary/aromatic N) is 1. The molecule has 3 heteroatoms. The highest BCUT2D eigenvalue weighted by Gasteiger charge is 2.15. The third-order valence-corrected chi connectivity index (χ3v) is 2.38. The van der Waals surface area contributed by atoms with Crippen LogP contribution in [0.4, 0.5) is 0 Å². The average molecular weight is 186 g/mol. The summed E-state index contributed by atoms with van der Waals surface area (Å²) in [4.78, 5) is 2.22. The van der Waals surface area contributed by atoms with Gasteiger partial charge in [0.2, 0.25) is 0 Å². The van der Waals surface area contributed by atoms with Gasteiger partial charge in [0.15, 0.2) is 0 Å². The molecule has 0 radical (unpaired) electrons. The van der Waals surface area contributed by atoms with Gasteiger partial charge in [-0.1, -0.05) is 0 Å². The van der Waals surface area contributed by atoms with Crippen molar-refractivity contribution in [1.82, 2.24) is 10.2 Å². The minimum atomic E-state index is 0.582. The van der Waals surface area contributed by atoms with E-state index in [1.54, 1.807) is 0 Å². The molecule has 0 aromatic rings. The molecule has 1 unspecified atom stereocenters. The Morgan fingerprint density at radius 2 is 2.00 bits per heavy atom. The number of rotatable bonds is 4. The summed E-state index contributed by atoms with van der Waals surface area (Å²) in [5.74, 6) is 0. The van der Waals surface area contributed by atoms with E-state index in [1.807, 2.05) is 0 Å². The summed E-state index contributed by atoms with van der Waals surface area (Å²) in [7, 11) is 4.23. The molecule has 1 fully saturated rings. The molecule has 1 heterocycles. The predicted molar refractivity (Wildman–Crippen MR) is 55.0 cm³/mol. The lowest BCUT2D eigenvalue weighted by Crippen LogP contribution is -2.44. The van der Waals surface area contributed by atoms with Gasteiger partial charge in [-0.2, -0.15) is 0 Å². The van der Waals surface area contributed by atoms with Crippen LogP contribution in [0, 0.1) is 0 Å². The Bertz CT molecular complexity index is 133. The van der Waals surface area contributed by atoms with Gasteiger partial charge in [-0.15, -0.1) is 0 Å². The fraction of sp³-hybridized carbons (Fsp3) is 1.00. The molecule has 1 aliphatic rings. The van der Waals surface area contributed by atoms with Crippen LogP contribution in [-0.2, 0) is 4.74 Å². The molecule has 0 amide bonds. The molecule has 0 bridgehead atoms. The van der Waals surface area contributed by atoms with E-state index in [2.05, 4.69) is 31.2 Å². The van der Waals surface area contributed by atoms with Crippen molar-refractivity contribution < 1.29 is 4.74 Å². The van der Waals surface area contributed by atoms with Gasteiger partial charge in [-0.25, -0.2) is 0 Å². The fourth-order valence-electron chi connectivity index (χ4n) is 1.87. The van der Waals surface area contributed by atoms with Crippen LogP contribution in [0.25, 0.3) is 0 Å². The molecular weight excluding hydrogens is 164 g/mol. The molecule has 1 aliphatic heterocycles. The van der Waals surface area contributed by atoms with Gasteiger partial charge in [0.1, 0.15) is 0 Å². The Morgan fingerprint density at radius 3 is 2.54 bits per heavy atom. The molecule has 0 aromatic carbocycles. The molecule has 0 aliphatic carbocycles. The highest BCUT2D eigenvalue weighted by molar-refractivity contribution is 4.74. The maximum absolute atomic E-state index is 5.31. The molecule has 0 saturated carbocycles. The van der Waals surface area contributed by atoms with Gasteiger partial charge < -0.3 is 15.0 Å². The van der Waals surface area contributed by atoms with Crippen molar-refractivity contribution in [3.8, 4) is 0 Å². The number of hydrogen-bond acceptors (Lipinski definition) is 3. The van der Waals surface area contributed by atoms with E-state index >= 15 is 0 Å². The maximum Gasteiger partial charge on any atom is 0.0480 e. The molecule has 3 nitrogen and oxygen atoms in total. The summed E-state index contributed by atoms with van der Waals surface area (Å²) in [6.07, 6.45) is 2.33.